The fourth-order valence-corrected chi connectivity index (χ4v) is 6.02. The van der Waals surface area contributed by atoms with Crippen molar-refractivity contribution in [1.29, 1.82) is 0 Å². The number of unbranched alkanes of at least 4 members (excludes halogenated alkanes) is 6. The van der Waals surface area contributed by atoms with Gasteiger partial charge in [0.15, 0.2) is 0 Å². The number of anilines is 2. The summed E-state index contributed by atoms with van der Waals surface area (Å²) in [7, 11) is -7.47. The predicted octanol–water partition coefficient (Wildman–Crippen LogP) is 7.43. The SMILES string of the molecule is CCOP(=O)(C=Cc1ccc(N(C=O)CCCCCCCCCN(C=O)c2ccc(C=CP(=O)(O)O)cc2)cc1)OCC. The van der Waals surface area contributed by atoms with Crippen molar-refractivity contribution in [2.75, 3.05) is 36.1 Å². The topological polar surface area (TPSA) is 134 Å². The normalized spacial score (nSPS) is 12.2. The molecule has 2 aromatic rings. The van der Waals surface area contributed by atoms with Gasteiger partial charge in [0.25, 0.3) is 0 Å². The molecule has 0 aliphatic heterocycles. The lowest BCUT2D eigenvalue weighted by Crippen LogP contribution is -2.22. The van der Waals surface area contributed by atoms with Gasteiger partial charge in [-0.05, 0) is 74.2 Å². The Bertz CT molecular complexity index is 1250. The van der Waals surface area contributed by atoms with Crippen LogP contribution in [0.3, 0.4) is 0 Å². The fraction of sp³-hybridized carbons (Fsp3) is 0.419. The van der Waals surface area contributed by atoms with Crippen molar-refractivity contribution in [3.8, 4) is 0 Å². The lowest BCUT2D eigenvalue weighted by atomic mass is 10.1. The van der Waals surface area contributed by atoms with E-state index in [1.165, 1.54) is 11.9 Å². The molecular weight excluding hydrogens is 590 g/mol. The van der Waals surface area contributed by atoms with Crippen LogP contribution in [0.4, 0.5) is 11.4 Å². The third-order valence-corrected chi connectivity index (χ3v) is 8.82. The highest BCUT2D eigenvalue weighted by Crippen LogP contribution is 2.50. The summed E-state index contributed by atoms with van der Waals surface area (Å²) in [4.78, 5) is 44.4. The molecule has 2 N–H and O–H groups in total. The lowest BCUT2D eigenvalue weighted by molar-refractivity contribution is -0.108. The Morgan fingerprint density at radius 3 is 1.35 bits per heavy atom. The van der Waals surface area contributed by atoms with E-state index in [0.717, 1.165) is 80.5 Å². The largest absolute Gasteiger partial charge is 0.354 e. The predicted molar refractivity (Wildman–Crippen MR) is 173 cm³/mol. The molecule has 0 unspecified atom stereocenters. The summed E-state index contributed by atoms with van der Waals surface area (Å²) >= 11 is 0. The first-order chi connectivity index (χ1) is 20.6. The van der Waals surface area contributed by atoms with Gasteiger partial charge in [0, 0.05) is 36.1 Å². The quantitative estimate of drug-likeness (QED) is 0.0776. The molecule has 43 heavy (non-hydrogen) atoms. The van der Waals surface area contributed by atoms with Gasteiger partial charge in [0.2, 0.25) is 12.8 Å². The first-order valence-electron chi connectivity index (χ1n) is 14.6. The average molecular weight is 635 g/mol. The Balaban J connectivity index is 1.66. The van der Waals surface area contributed by atoms with Gasteiger partial charge in [0.05, 0.1) is 13.2 Å². The first kappa shape index (κ1) is 36.4. The summed E-state index contributed by atoms with van der Waals surface area (Å²) < 4.78 is 34.1. The molecule has 0 aliphatic rings. The van der Waals surface area contributed by atoms with Crippen LogP contribution in [0.2, 0.25) is 0 Å². The average Bonchev–Trinajstić information content (AvgIpc) is 2.99. The van der Waals surface area contributed by atoms with Crippen LogP contribution in [0.15, 0.2) is 60.2 Å². The molecule has 12 heteroatoms. The molecule has 0 aromatic heterocycles. The minimum Gasteiger partial charge on any atom is -0.321 e. The zero-order chi connectivity index (χ0) is 31.6. The van der Waals surface area contributed by atoms with E-state index >= 15 is 0 Å². The summed E-state index contributed by atoms with van der Waals surface area (Å²) in [6.07, 6.45) is 11.7. The van der Waals surface area contributed by atoms with Gasteiger partial charge >= 0.3 is 15.2 Å². The maximum Gasteiger partial charge on any atom is 0.354 e. The monoisotopic (exact) mass is 634 g/mol. The van der Waals surface area contributed by atoms with Crippen molar-refractivity contribution in [2.24, 2.45) is 0 Å². The number of amides is 2. The first-order valence-corrected chi connectivity index (χ1v) is 17.9. The van der Waals surface area contributed by atoms with Crippen molar-refractivity contribution in [1.82, 2.24) is 0 Å². The minimum atomic E-state index is -4.21. The zero-order valence-electron chi connectivity index (χ0n) is 25.0. The highest BCUT2D eigenvalue weighted by Gasteiger charge is 2.18. The Morgan fingerprint density at radius 1 is 0.628 bits per heavy atom. The number of carbonyl (C=O) groups is 2. The van der Waals surface area contributed by atoms with Crippen molar-refractivity contribution >= 4 is 51.5 Å². The molecule has 0 atom stereocenters. The van der Waals surface area contributed by atoms with Crippen molar-refractivity contribution in [3.05, 3.63) is 71.3 Å². The molecule has 0 saturated heterocycles. The molecule has 2 rings (SSSR count). The molecule has 0 radical (unpaired) electrons. The molecule has 0 bridgehead atoms. The van der Waals surface area contributed by atoms with E-state index in [-0.39, 0.29) is 0 Å². The molecule has 236 valence electrons. The van der Waals surface area contributed by atoms with Crippen molar-refractivity contribution in [3.63, 3.8) is 0 Å². The third kappa shape index (κ3) is 14.5. The molecule has 0 heterocycles. The molecule has 2 aromatic carbocycles. The van der Waals surface area contributed by atoms with Crippen LogP contribution in [0.1, 0.15) is 69.9 Å². The molecular formula is C31H44N2O8P2. The molecule has 0 fully saturated rings. The second-order valence-electron chi connectivity index (χ2n) is 9.85. The van der Waals surface area contributed by atoms with Gasteiger partial charge in [-0.15, -0.1) is 0 Å². The van der Waals surface area contributed by atoms with Gasteiger partial charge in [-0.3, -0.25) is 18.7 Å². The Labute approximate surface area is 255 Å². The lowest BCUT2D eigenvalue weighted by Gasteiger charge is -2.18. The zero-order valence-corrected chi connectivity index (χ0v) is 26.8. The van der Waals surface area contributed by atoms with Crippen LogP contribution in [-0.4, -0.2) is 48.9 Å². The summed E-state index contributed by atoms with van der Waals surface area (Å²) in [5, 5.41) is 0. The van der Waals surface area contributed by atoms with Gasteiger partial charge in [0.1, 0.15) is 0 Å². The van der Waals surface area contributed by atoms with Crippen LogP contribution >= 0.6 is 15.2 Å². The van der Waals surface area contributed by atoms with E-state index in [9.17, 15) is 18.7 Å². The van der Waals surface area contributed by atoms with E-state index in [1.807, 2.05) is 24.3 Å². The highest BCUT2D eigenvalue weighted by atomic mass is 31.2. The number of benzene rings is 2. The van der Waals surface area contributed by atoms with E-state index < -0.39 is 15.2 Å². The van der Waals surface area contributed by atoms with E-state index in [4.69, 9.17) is 18.8 Å². The van der Waals surface area contributed by atoms with Crippen molar-refractivity contribution in [2.45, 2.75) is 58.8 Å². The standard InChI is InChI=1S/C31H44N2O8P2/c1-3-40-43(39,41-4-2)25-21-29-14-18-31(19-15-29)33(27-35)23-11-9-7-5-6-8-10-22-32(26-34)30-16-12-28(13-17-30)20-24-42(36,37)38/h12-21,24-27H,3-11,22-23H2,1-2H3,(H2,36,37,38). The maximum absolute atomic E-state index is 12.6. The molecule has 0 spiro atoms. The van der Waals surface area contributed by atoms with Crippen LogP contribution in [0, 0.1) is 0 Å². The second-order valence-corrected chi connectivity index (χ2v) is 13.2. The fourth-order valence-electron chi connectivity index (χ4n) is 4.33. The van der Waals surface area contributed by atoms with Gasteiger partial charge in [-0.25, -0.2) is 0 Å². The van der Waals surface area contributed by atoms with E-state index in [0.29, 0.717) is 31.9 Å². The Morgan fingerprint density at radius 2 is 1.00 bits per heavy atom. The van der Waals surface area contributed by atoms with Crippen LogP contribution in [0.25, 0.3) is 12.2 Å². The summed E-state index contributed by atoms with van der Waals surface area (Å²) in [6.45, 7) is 5.34. The maximum atomic E-state index is 12.6. The summed E-state index contributed by atoms with van der Waals surface area (Å²) in [6, 6.07) is 14.4. The number of rotatable bonds is 22. The summed E-state index contributed by atoms with van der Waals surface area (Å²) in [5.74, 6) is 2.32. The van der Waals surface area contributed by atoms with Crippen molar-refractivity contribution < 1.29 is 37.6 Å². The van der Waals surface area contributed by atoms with Crippen LogP contribution in [0.5, 0.6) is 0 Å². The number of hydrogen-bond donors (Lipinski definition) is 2. The minimum absolute atomic E-state index is 0.291. The van der Waals surface area contributed by atoms with Crippen LogP contribution < -0.4 is 9.80 Å². The summed E-state index contributed by atoms with van der Waals surface area (Å²) in [5.41, 5.74) is 3.02. The van der Waals surface area contributed by atoms with Gasteiger partial charge in [-0.2, -0.15) is 0 Å². The van der Waals surface area contributed by atoms with Gasteiger partial charge in [-0.1, -0.05) is 56.4 Å². The third-order valence-electron chi connectivity index (χ3n) is 6.53. The number of carbonyl (C=O) groups excluding carboxylic acids is 2. The molecule has 0 saturated carbocycles. The van der Waals surface area contributed by atoms with E-state index in [1.54, 1.807) is 54.0 Å². The second kappa shape index (κ2) is 19.4. The molecule has 2 amide bonds. The number of nitrogens with zero attached hydrogens (tertiary/aromatic N) is 2. The Kier molecular flexibility index (Phi) is 16.4. The number of hydrogen-bond acceptors (Lipinski definition) is 6. The molecule has 0 aliphatic carbocycles. The molecule has 10 nitrogen and oxygen atoms in total. The Hall–Kier alpha value is -2.84. The van der Waals surface area contributed by atoms with Crippen LogP contribution in [-0.2, 0) is 27.8 Å². The van der Waals surface area contributed by atoms with E-state index in [2.05, 4.69) is 0 Å². The smallest absolute Gasteiger partial charge is 0.321 e. The highest BCUT2D eigenvalue weighted by molar-refractivity contribution is 7.57. The van der Waals surface area contributed by atoms with Gasteiger partial charge < -0.3 is 28.6 Å².